The van der Waals surface area contributed by atoms with E-state index in [1.165, 1.54) is 11.1 Å². The molecule has 1 N–H and O–H groups in total. The third-order valence-electron chi connectivity index (χ3n) is 3.65. The van der Waals surface area contributed by atoms with E-state index in [-0.39, 0.29) is 11.9 Å². The first-order valence-corrected chi connectivity index (χ1v) is 8.40. The largest absolute Gasteiger partial charge is 0.493 e. The van der Waals surface area contributed by atoms with Gasteiger partial charge in [-0.25, -0.2) is 0 Å². The highest BCUT2D eigenvalue weighted by atomic mass is 32.1. The highest BCUT2D eigenvalue weighted by Gasteiger charge is 2.13. The van der Waals surface area contributed by atoms with E-state index >= 15 is 0 Å². The fourth-order valence-corrected chi connectivity index (χ4v) is 3.23. The van der Waals surface area contributed by atoms with Gasteiger partial charge in [0, 0.05) is 18.5 Å². The molecule has 1 aliphatic rings. The molecule has 3 rings (SSSR count). The Labute approximate surface area is 134 Å². The third kappa shape index (κ3) is 3.77. The van der Waals surface area contributed by atoms with Crippen molar-refractivity contribution in [3.8, 4) is 5.75 Å². The van der Waals surface area contributed by atoms with Gasteiger partial charge in [0.25, 0.3) is 0 Å². The summed E-state index contributed by atoms with van der Waals surface area (Å²) in [7, 11) is 0. The molecule has 0 aliphatic carbocycles. The average molecular weight is 313 g/mol. The Morgan fingerprint density at radius 3 is 3.18 bits per heavy atom. The summed E-state index contributed by atoms with van der Waals surface area (Å²) in [6, 6.07) is 8.38. The molecule has 22 heavy (non-hydrogen) atoms. The summed E-state index contributed by atoms with van der Waals surface area (Å²) in [6.07, 6.45) is 5.24. The number of amides is 1. The van der Waals surface area contributed by atoms with Crippen molar-refractivity contribution in [2.45, 2.75) is 25.8 Å². The van der Waals surface area contributed by atoms with Crippen molar-refractivity contribution in [2.24, 2.45) is 0 Å². The van der Waals surface area contributed by atoms with Crippen LogP contribution >= 0.6 is 11.3 Å². The molecular weight excluding hydrogens is 294 g/mol. The van der Waals surface area contributed by atoms with Crippen LogP contribution in [-0.2, 0) is 17.6 Å². The lowest BCUT2D eigenvalue weighted by Gasteiger charge is -2.13. The van der Waals surface area contributed by atoms with Crippen molar-refractivity contribution in [1.29, 1.82) is 0 Å². The third-order valence-corrected chi connectivity index (χ3v) is 4.36. The zero-order valence-corrected chi connectivity index (χ0v) is 13.4. The van der Waals surface area contributed by atoms with Crippen molar-refractivity contribution in [3.05, 3.63) is 57.8 Å². The van der Waals surface area contributed by atoms with Crippen molar-refractivity contribution < 1.29 is 9.53 Å². The van der Waals surface area contributed by atoms with Gasteiger partial charge in [-0.05, 0) is 59.0 Å². The lowest BCUT2D eigenvalue weighted by molar-refractivity contribution is -0.117. The second kappa shape index (κ2) is 6.79. The van der Waals surface area contributed by atoms with Crippen LogP contribution in [0.2, 0.25) is 0 Å². The minimum atomic E-state index is -0.0526. The lowest BCUT2D eigenvalue weighted by atomic mass is 10.0. The van der Waals surface area contributed by atoms with Gasteiger partial charge in [-0.15, -0.1) is 0 Å². The summed E-state index contributed by atoms with van der Waals surface area (Å²) < 4.78 is 5.51. The Balaban J connectivity index is 1.53. The molecule has 0 saturated carbocycles. The first kappa shape index (κ1) is 14.9. The smallest absolute Gasteiger partial charge is 0.244 e. The predicted molar refractivity (Wildman–Crippen MR) is 90.3 cm³/mol. The van der Waals surface area contributed by atoms with Gasteiger partial charge in [0.15, 0.2) is 0 Å². The van der Waals surface area contributed by atoms with Crippen LogP contribution in [0.25, 0.3) is 6.08 Å². The van der Waals surface area contributed by atoms with Crippen LogP contribution in [0.4, 0.5) is 0 Å². The fraction of sp³-hybridized carbons (Fsp3) is 0.278. The molecule has 1 atom stereocenters. The molecule has 3 nitrogen and oxygen atoms in total. The molecule has 1 aromatic heterocycles. The molecule has 0 saturated heterocycles. The second-order valence-electron chi connectivity index (χ2n) is 5.54. The molecule has 2 aromatic rings. The average Bonchev–Trinajstić information content (AvgIpc) is 3.15. The van der Waals surface area contributed by atoms with Crippen LogP contribution in [0.5, 0.6) is 5.75 Å². The summed E-state index contributed by atoms with van der Waals surface area (Å²) >= 11 is 1.62. The topological polar surface area (TPSA) is 38.3 Å². The number of thiophene rings is 1. The molecule has 0 radical (unpaired) electrons. The van der Waals surface area contributed by atoms with Crippen molar-refractivity contribution in [2.75, 3.05) is 6.61 Å². The molecule has 114 valence electrons. The Hall–Kier alpha value is -2.07. The Morgan fingerprint density at radius 2 is 2.36 bits per heavy atom. The Bertz CT molecular complexity index is 676. The van der Waals surface area contributed by atoms with Gasteiger partial charge in [-0.2, -0.15) is 11.3 Å². The van der Waals surface area contributed by atoms with Gasteiger partial charge in [0.1, 0.15) is 5.75 Å². The molecule has 0 fully saturated rings. The number of hydrogen-bond acceptors (Lipinski definition) is 3. The first-order chi connectivity index (χ1) is 10.7. The van der Waals surface area contributed by atoms with Crippen molar-refractivity contribution >= 4 is 23.3 Å². The van der Waals surface area contributed by atoms with Gasteiger partial charge in [0.05, 0.1) is 6.61 Å². The van der Waals surface area contributed by atoms with E-state index in [4.69, 9.17) is 4.74 Å². The number of rotatable bonds is 5. The van der Waals surface area contributed by atoms with E-state index in [0.29, 0.717) is 0 Å². The number of hydrogen-bond donors (Lipinski definition) is 1. The highest BCUT2D eigenvalue weighted by molar-refractivity contribution is 7.08. The minimum absolute atomic E-state index is 0.0526. The maximum atomic E-state index is 11.9. The van der Waals surface area contributed by atoms with E-state index in [2.05, 4.69) is 17.4 Å². The normalized spacial score (nSPS) is 14.6. The number of carbonyl (C=O) groups is 1. The summed E-state index contributed by atoms with van der Waals surface area (Å²) in [5.74, 6) is 0.947. The predicted octanol–water partition coefficient (Wildman–Crippen LogP) is 3.44. The molecule has 0 spiro atoms. The van der Waals surface area contributed by atoms with E-state index < -0.39 is 0 Å². The van der Waals surface area contributed by atoms with Crippen LogP contribution in [0, 0.1) is 0 Å². The van der Waals surface area contributed by atoms with Crippen molar-refractivity contribution in [1.82, 2.24) is 5.32 Å². The van der Waals surface area contributed by atoms with Gasteiger partial charge in [-0.3, -0.25) is 4.79 Å². The van der Waals surface area contributed by atoms with E-state index in [1.807, 2.05) is 35.9 Å². The van der Waals surface area contributed by atoms with Crippen LogP contribution in [-0.4, -0.2) is 18.6 Å². The molecule has 4 heteroatoms. The molecule has 1 aliphatic heterocycles. The van der Waals surface area contributed by atoms with E-state index in [9.17, 15) is 4.79 Å². The summed E-state index contributed by atoms with van der Waals surface area (Å²) in [5, 5.41) is 7.02. The lowest BCUT2D eigenvalue weighted by Crippen LogP contribution is -2.32. The maximum Gasteiger partial charge on any atom is 0.244 e. The van der Waals surface area contributed by atoms with Crippen LogP contribution in [0.1, 0.15) is 23.6 Å². The van der Waals surface area contributed by atoms with Crippen LogP contribution in [0.3, 0.4) is 0 Å². The Morgan fingerprint density at radius 1 is 1.45 bits per heavy atom. The summed E-state index contributed by atoms with van der Waals surface area (Å²) in [6.45, 7) is 2.80. The number of fused-ring (bicyclic) bond motifs is 1. The van der Waals surface area contributed by atoms with Crippen molar-refractivity contribution in [3.63, 3.8) is 0 Å². The van der Waals surface area contributed by atoms with Crippen LogP contribution < -0.4 is 10.1 Å². The quantitative estimate of drug-likeness (QED) is 0.859. The molecule has 2 heterocycles. The zero-order chi connectivity index (χ0) is 15.4. The highest BCUT2D eigenvalue weighted by Crippen LogP contribution is 2.26. The molecule has 0 bridgehead atoms. The molecule has 1 aromatic carbocycles. The summed E-state index contributed by atoms with van der Waals surface area (Å²) in [5.41, 5.74) is 3.57. The zero-order valence-electron chi connectivity index (χ0n) is 12.5. The second-order valence-corrected chi connectivity index (χ2v) is 6.32. The fourth-order valence-electron chi connectivity index (χ4n) is 2.60. The number of carbonyl (C=O) groups excluding carboxylic acids is 1. The van der Waals surface area contributed by atoms with E-state index in [1.54, 1.807) is 17.4 Å². The van der Waals surface area contributed by atoms with Gasteiger partial charge < -0.3 is 10.1 Å². The molecule has 1 unspecified atom stereocenters. The molecular formula is C18H19NO2S. The number of benzene rings is 1. The molecule has 1 amide bonds. The maximum absolute atomic E-state index is 11.9. The van der Waals surface area contributed by atoms with Gasteiger partial charge in [0.2, 0.25) is 5.91 Å². The Kier molecular flexibility index (Phi) is 4.59. The van der Waals surface area contributed by atoms with Gasteiger partial charge >= 0.3 is 0 Å². The minimum Gasteiger partial charge on any atom is -0.493 e. The first-order valence-electron chi connectivity index (χ1n) is 7.46. The summed E-state index contributed by atoms with van der Waals surface area (Å²) in [4.78, 5) is 11.9. The number of nitrogens with one attached hydrogen (secondary N) is 1. The number of ether oxygens (including phenoxy) is 1. The van der Waals surface area contributed by atoms with E-state index in [0.717, 1.165) is 30.8 Å². The SMILES string of the molecule is CC(Cc1ccc2c(c1)CCO2)NC(=O)/C=C/c1ccsc1. The van der Waals surface area contributed by atoms with Gasteiger partial charge in [-0.1, -0.05) is 12.1 Å². The standard InChI is InChI=1S/C18H19NO2S/c1-13(19-18(20)5-3-14-7-9-22-12-14)10-15-2-4-17-16(11-15)6-8-21-17/h2-5,7,9,11-13H,6,8,10H2,1H3,(H,19,20)/b5-3+. The van der Waals surface area contributed by atoms with Crippen LogP contribution in [0.15, 0.2) is 41.1 Å². The monoisotopic (exact) mass is 313 g/mol.